The summed E-state index contributed by atoms with van der Waals surface area (Å²) in [5.74, 6) is 1.37. The zero-order valence-corrected chi connectivity index (χ0v) is 20.2. The summed E-state index contributed by atoms with van der Waals surface area (Å²) in [5, 5.41) is 3.06. The number of ether oxygens (including phenoxy) is 2. The van der Waals surface area contributed by atoms with Gasteiger partial charge in [-0.15, -0.1) is 0 Å². The van der Waals surface area contributed by atoms with Crippen LogP contribution in [0.3, 0.4) is 0 Å². The number of carbonyl (C=O) groups excluding carboxylic acids is 2. The van der Waals surface area contributed by atoms with Crippen molar-refractivity contribution in [2.75, 3.05) is 12.1 Å². The quantitative estimate of drug-likeness (QED) is 0.621. The molecule has 2 amide bonds. The van der Waals surface area contributed by atoms with Gasteiger partial charge in [0.1, 0.15) is 0 Å². The Hall–Kier alpha value is -3.06. The predicted octanol–water partition coefficient (Wildman–Crippen LogP) is 4.85. The van der Waals surface area contributed by atoms with E-state index in [1.54, 1.807) is 18.2 Å². The molecule has 5 rings (SSSR count). The third kappa shape index (κ3) is 5.45. The Balaban J connectivity index is 1.35. The van der Waals surface area contributed by atoms with Crippen molar-refractivity contribution in [3.05, 3.63) is 53.6 Å². The second-order valence-electron chi connectivity index (χ2n) is 10.0. The molecule has 0 aromatic heterocycles. The van der Waals surface area contributed by atoms with Crippen LogP contribution in [0.2, 0.25) is 0 Å². The smallest absolute Gasteiger partial charge is 0.255 e. The van der Waals surface area contributed by atoms with Crippen LogP contribution in [0.25, 0.3) is 0 Å². The molecule has 186 valence electrons. The van der Waals surface area contributed by atoms with Crippen LogP contribution >= 0.6 is 0 Å². The number of hydrogen-bond donors (Lipinski definition) is 2. The molecule has 3 N–H and O–H groups in total. The van der Waals surface area contributed by atoms with Crippen LogP contribution in [-0.4, -0.2) is 35.6 Å². The van der Waals surface area contributed by atoms with Gasteiger partial charge in [0.2, 0.25) is 12.7 Å². The first-order valence-electron chi connectivity index (χ1n) is 12.9. The van der Waals surface area contributed by atoms with Crippen LogP contribution < -0.4 is 20.5 Å². The standard InChI is InChI=1S/C28H35N3O4/c29-22-11-13-23(14-12-22)31(28(33)19-6-2-1-3-7-19)17-21-8-4-5-9-24(21)30-27(32)20-10-15-25-26(16-20)35-18-34-25/h4-5,8-10,15-16,19,22-23H,1-3,6-7,11-14,17-18,29H2,(H,30,32). The minimum atomic E-state index is -0.218. The van der Waals surface area contributed by atoms with Gasteiger partial charge in [-0.05, 0) is 68.4 Å². The SMILES string of the molecule is NC1CCC(N(Cc2ccccc2NC(=O)c2ccc3c(c2)OCO3)C(=O)C2CCCCC2)CC1. The normalized spacial score (nSPS) is 22.0. The Bertz CT molecular complexity index is 1060. The van der Waals surface area contributed by atoms with Crippen molar-refractivity contribution < 1.29 is 19.1 Å². The van der Waals surface area contributed by atoms with Crippen molar-refractivity contribution >= 4 is 17.5 Å². The van der Waals surface area contributed by atoms with Crippen LogP contribution in [0.5, 0.6) is 11.5 Å². The number of para-hydroxylation sites is 1. The van der Waals surface area contributed by atoms with E-state index in [1.807, 2.05) is 24.3 Å². The molecular formula is C28H35N3O4. The second-order valence-corrected chi connectivity index (χ2v) is 10.0. The highest BCUT2D eigenvalue weighted by atomic mass is 16.7. The first-order chi connectivity index (χ1) is 17.1. The fraction of sp³-hybridized carbons (Fsp3) is 0.500. The zero-order valence-electron chi connectivity index (χ0n) is 20.2. The third-order valence-corrected chi connectivity index (χ3v) is 7.66. The number of amides is 2. The maximum absolute atomic E-state index is 13.7. The molecule has 0 atom stereocenters. The average molecular weight is 478 g/mol. The molecule has 7 nitrogen and oxygen atoms in total. The summed E-state index contributed by atoms with van der Waals surface area (Å²) < 4.78 is 10.8. The summed E-state index contributed by atoms with van der Waals surface area (Å²) in [5.41, 5.74) is 8.34. The van der Waals surface area contributed by atoms with Gasteiger partial charge < -0.3 is 25.4 Å². The number of anilines is 1. The Labute approximate surface area is 207 Å². The Morgan fingerprint density at radius 3 is 2.46 bits per heavy atom. The molecule has 0 radical (unpaired) electrons. The van der Waals surface area contributed by atoms with E-state index in [2.05, 4.69) is 10.2 Å². The van der Waals surface area contributed by atoms with Gasteiger partial charge in [-0.25, -0.2) is 0 Å². The number of carbonyl (C=O) groups is 2. The largest absolute Gasteiger partial charge is 0.454 e. The van der Waals surface area contributed by atoms with Crippen molar-refractivity contribution in [1.29, 1.82) is 0 Å². The lowest BCUT2D eigenvalue weighted by atomic mass is 9.85. The first-order valence-corrected chi connectivity index (χ1v) is 12.9. The van der Waals surface area contributed by atoms with Crippen molar-refractivity contribution in [2.24, 2.45) is 11.7 Å². The number of hydrogen-bond acceptors (Lipinski definition) is 5. The number of nitrogens with one attached hydrogen (secondary N) is 1. The number of benzene rings is 2. The minimum Gasteiger partial charge on any atom is -0.454 e. The molecule has 2 aromatic rings. The molecule has 3 aliphatic rings. The van der Waals surface area contributed by atoms with Gasteiger partial charge in [0, 0.05) is 35.8 Å². The van der Waals surface area contributed by atoms with Crippen LogP contribution in [0, 0.1) is 5.92 Å². The van der Waals surface area contributed by atoms with E-state index in [0.29, 0.717) is 23.6 Å². The third-order valence-electron chi connectivity index (χ3n) is 7.66. The summed E-state index contributed by atoms with van der Waals surface area (Å²) in [6.07, 6.45) is 9.19. The molecule has 2 saturated carbocycles. The first kappa shape index (κ1) is 23.7. The summed E-state index contributed by atoms with van der Waals surface area (Å²) in [6.45, 7) is 0.660. The maximum Gasteiger partial charge on any atom is 0.255 e. The highest BCUT2D eigenvalue weighted by Crippen LogP contribution is 2.34. The van der Waals surface area contributed by atoms with Crippen molar-refractivity contribution in [1.82, 2.24) is 4.90 Å². The minimum absolute atomic E-state index is 0.106. The highest BCUT2D eigenvalue weighted by Gasteiger charge is 2.33. The topological polar surface area (TPSA) is 93.9 Å². The number of nitrogens with two attached hydrogens (primary N) is 1. The average Bonchev–Trinajstić information content (AvgIpc) is 3.37. The van der Waals surface area contributed by atoms with Gasteiger partial charge in [-0.3, -0.25) is 9.59 Å². The van der Waals surface area contributed by atoms with Gasteiger partial charge in [0.05, 0.1) is 0 Å². The van der Waals surface area contributed by atoms with Crippen LogP contribution in [0.1, 0.15) is 73.7 Å². The van der Waals surface area contributed by atoms with E-state index >= 15 is 0 Å². The van der Waals surface area contributed by atoms with E-state index in [-0.39, 0.29) is 36.6 Å². The van der Waals surface area contributed by atoms with E-state index < -0.39 is 0 Å². The van der Waals surface area contributed by atoms with Gasteiger partial charge in [-0.1, -0.05) is 37.5 Å². The molecule has 1 heterocycles. The molecule has 2 fully saturated rings. The molecule has 0 unspecified atom stereocenters. The number of fused-ring (bicyclic) bond motifs is 1. The Morgan fingerprint density at radius 1 is 0.914 bits per heavy atom. The number of nitrogens with zero attached hydrogens (tertiary/aromatic N) is 1. The van der Waals surface area contributed by atoms with Gasteiger partial charge in [-0.2, -0.15) is 0 Å². The van der Waals surface area contributed by atoms with Crippen molar-refractivity contribution in [3.63, 3.8) is 0 Å². The van der Waals surface area contributed by atoms with E-state index in [1.165, 1.54) is 6.42 Å². The van der Waals surface area contributed by atoms with E-state index in [4.69, 9.17) is 15.2 Å². The predicted molar refractivity (Wildman–Crippen MR) is 134 cm³/mol. The molecule has 0 bridgehead atoms. The summed E-state index contributed by atoms with van der Waals surface area (Å²) in [6, 6.07) is 13.4. The summed E-state index contributed by atoms with van der Waals surface area (Å²) in [7, 11) is 0. The molecule has 2 aliphatic carbocycles. The van der Waals surface area contributed by atoms with Gasteiger partial charge in [0.15, 0.2) is 11.5 Å². The number of rotatable bonds is 6. The Morgan fingerprint density at radius 2 is 1.66 bits per heavy atom. The molecule has 0 spiro atoms. The summed E-state index contributed by atoms with van der Waals surface area (Å²) >= 11 is 0. The monoisotopic (exact) mass is 477 g/mol. The molecule has 2 aromatic carbocycles. The maximum atomic E-state index is 13.7. The molecular weight excluding hydrogens is 442 g/mol. The molecule has 1 aliphatic heterocycles. The Kier molecular flexibility index (Phi) is 7.23. The fourth-order valence-corrected chi connectivity index (χ4v) is 5.58. The lowest BCUT2D eigenvalue weighted by molar-refractivity contribution is -0.140. The zero-order chi connectivity index (χ0) is 24.2. The lowest BCUT2D eigenvalue weighted by Gasteiger charge is -2.39. The van der Waals surface area contributed by atoms with Crippen molar-refractivity contribution in [2.45, 2.75) is 76.4 Å². The fourth-order valence-electron chi connectivity index (χ4n) is 5.58. The molecule has 0 saturated heterocycles. The van der Waals surface area contributed by atoms with Gasteiger partial charge in [0.25, 0.3) is 5.91 Å². The van der Waals surface area contributed by atoms with Crippen LogP contribution in [0.15, 0.2) is 42.5 Å². The highest BCUT2D eigenvalue weighted by molar-refractivity contribution is 6.05. The second kappa shape index (κ2) is 10.7. The summed E-state index contributed by atoms with van der Waals surface area (Å²) in [4.78, 5) is 28.9. The van der Waals surface area contributed by atoms with E-state index in [0.717, 1.165) is 62.6 Å². The van der Waals surface area contributed by atoms with E-state index in [9.17, 15) is 9.59 Å². The van der Waals surface area contributed by atoms with Crippen LogP contribution in [0.4, 0.5) is 5.69 Å². The van der Waals surface area contributed by atoms with Crippen LogP contribution in [-0.2, 0) is 11.3 Å². The van der Waals surface area contributed by atoms with Crippen molar-refractivity contribution in [3.8, 4) is 11.5 Å². The lowest BCUT2D eigenvalue weighted by Crippen LogP contribution is -2.46. The van der Waals surface area contributed by atoms with Gasteiger partial charge >= 0.3 is 0 Å². The molecule has 7 heteroatoms. The molecule has 35 heavy (non-hydrogen) atoms.